The highest BCUT2D eigenvalue weighted by molar-refractivity contribution is 4.57. The van der Waals surface area contributed by atoms with Crippen LogP contribution in [0, 0.1) is 0 Å². The van der Waals surface area contributed by atoms with Gasteiger partial charge in [-0.25, -0.2) is 0 Å². The van der Waals surface area contributed by atoms with Crippen LogP contribution in [0.3, 0.4) is 0 Å². The number of hydrogen-bond acceptors (Lipinski definition) is 4. The zero-order valence-electron chi connectivity index (χ0n) is 6.90. The molecule has 0 aromatic carbocycles. The summed E-state index contributed by atoms with van der Waals surface area (Å²) in [4.78, 5) is 1.90. The average Bonchev–Trinajstić information content (AvgIpc) is 2.01. The molecule has 0 saturated carbocycles. The smallest absolute Gasteiger partial charge is 0.0783 e. The van der Waals surface area contributed by atoms with Crippen molar-refractivity contribution in [3.63, 3.8) is 0 Å². The topological polar surface area (TPSA) is 63.9 Å². The molecule has 1 atom stereocenters. The Bertz CT molecular complexity index is 89.8. The molecule has 0 unspecified atom stereocenters. The van der Waals surface area contributed by atoms with Gasteiger partial charge in [-0.3, -0.25) is 0 Å². The molecule has 0 aliphatic heterocycles. The average molecular weight is 163 g/mol. The van der Waals surface area contributed by atoms with Gasteiger partial charge >= 0.3 is 0 Å². The molecule has 11 heavy (non-hydrogen) atoms. The molecular weight excluding hydrogens is 146 g/mol. The van der Waals surface area contributed by atoms with Gasteiger partial charge in [0.05, 0.1) is 19.3 Å². The summed E-state index contributed by atoms with van der Waals surface area (Å²) < 4.78 is 0. The first-order valence-corrected chi connectivity index (χ1v) is 3.79. The van der Waals surface area contributed by atoms with Gasteiger partial charge in [0.15, 0.2) is 0 Å². The SMILES string of the molecule is CN(CCO)CC[C@@H](O)CO. The van der Waals surface area contributed by atoms with Crippen LogP contribution in [-0.2, 0) is 0 Å². The lowest BCUT2D eigenvalue weighted by molar-refractivity contribution is 0.0780. The second kappa shape index (κ2) is 6.54. The monoisotopic (exact) mass is 163 g/mol. The lowest BCUT2D eigenvalue weighted by Crippen LogP contribution is -2.27. The summed E-state index contributed by atoms with van der Waals surface area (Å²) in [7, 11) is 1.86. The molecule has 0 bridgehead atoms. The van der Waals surface area contributed by atoms with Gasteiger partial charge in [0.25, 0.3) is 0 Å². The van der Waals surface area contributed by atoms with Crippen LogP contribution in [0.15, 0.2) is 0 Å². The molecule has 3 N–H and O–H groups in total. The van der Waals surface area contributed by atoms with Crippen molar-refractivity contribution in [1.82, 2.24) is 4.90 Å². The zero-order chi connectivity index (χ0) is 8.69. The van der Waals surface area contributed by atoms with E-state index in [4.69, 9.17) is 15.3 Å². The molecule has 4 heteroatoms. The number of rotatable bonds is 6. The normalized spacial score (nSPS) is 13.9. The van der Waals surface area contributed by atoms with Crippen LogP contribution in [-0.4, -0.2) is 59.7 Å². The molecule has 0 aromatic heterocycles. The van der Waals surface area contributed by atoms with E-state index in [0.717, 1.165) is 0 Å². The lowest BCUT2D eigenvalue weighted by atomic mass is 10.2. The van der Waals surface area contributed by atoms with Crippen molar-refractivity contribution in [2.45, 2.75) is 12.5 Å². The van der Waals surface area contributed by atoms with Crippen molar-refractivity contribution in [3.8, 4) is 0 Å². The largest absolute Gasteiger partial charge is 0.395 e. The number of hydrogen-bond donors (Lipinski definition) is 3. The van der Waals surface area contributed by atoms with Crippen LogP contribution < -0.4 is 0 Å². The molecule has 68 valence electrons. The summed E-state index contributed by atoms with van der Waals surface area (Å²) in [5.41, 5.74) is 0. The number of nitrogens with zero attached hydrogens (tertiary/aromatic N) is 1. The number of aliphatic hydroxyl groups is 3. The van der Waals surface area contributed by atoms with E-state index in [1.807, 2.05) is 11.9 Å². The molecule has 0 amide bonds. The van der Waals surface area contributed by atoms with E-state index >= 15 is 0 Å². The number of aliphatic hydroxyl groups excluding tert-OH is 3. The maximum Gasteiger partial charge on any atom is 0.0783 e. The predicted octanol–water partition coefficient (Wildman–Crippen LogP) is -1.35. The van der Waals surface area contributed by atoms with Crippen molar-refractivity contribution >= 4 is 0 Å². The van der Waals surface area contributed by atoms with Crippen molar-refractivity contribution < 1.29 is 15.3 Å². The minimum Gasteiger partial charge on any atom is -0.395 e. The first kappa shape index (κ1) is 10.8. The number of likely N-dealkylation sites (N-methyl/N-ethyl adjacent to an activating group) is 1. The summed E-state index contributed by atoms with van der Waals surface area (Å²) in [6.45, 7) is 1.25. The van der Waals surface area contributed by atoms with Crippen LogP contribution >= 0.6 is 0 Å². The Labute approximate surface area is 67.1 Å². The standard InChI is InChI=1S/C7H17NO3/c1-8(4-5-9)3-2-7(11)6-10/h7,9-11H,2-6H2,1H3/t7-/m1/s1. The summed E-state index contributed by atoms with van der Waals surface area (Å²) in [6.07, 6.45) is -0.0800. The summed E-state index contributed by atoms with van der Waals surface area (Å²) >= 11 is 0. The fourth-order valence-electron chi connectivity index (χ4n) is 0.743. The van der Waals surface area contributed by atoms with Crippen LogP contribution in [0.4, 0.5) is 0 Å². The molecule has 0 fully saturated rings. The van der Waals surface area contributed by atoms with Gasteiger partial charge in [-0.1, -0.05) is 0 Å². The van der Waals surface area contributed by atoms with Crippen LogP contribution in [0.1, 0.15) is 6.42 Å². The highest BCUT2D eigenvalue weighted by Gasteiger charge is 2.03. The molecule has 0 aliphatic rings. The molecule has 0 aliphatic carbocycles. The summed E-state index contributed by atoms with van der Waals surface area (Å²) in [5.74, 6) is 0. The molecular formula is C7H17NO3. The first-order valence-electron chi connectivity index (χ1n) is 3.79. The Balaban J connectivity index is 3.22. The Hall–Kier alpha value is -0.160. The predicted molar refractivity (Wildman–Crippen MR) is 42.3 cm³/mol. The third kappa shape index (κ3) is 6.25. The fraction of sp³-hybridized carbons (Fsp3) is 1.00. The van der Waals surface area contributed by atoms with Gasteiger partial charge in [-0.05, 0) is 13.5 Å². The molecule has 0 aromatic rings. The van der Waals surface area contributed by atoms with Crippen molar-refractivity contribution in [1.29, 1.82) is 0 Å². The Morgan fingerprint density at radius 3 is 2.36 bits per heavy atom. The Kier molecular flexibility index (Phi) is 6.45. The maximum atomic E-state index is 8.94. The van der Waals surface area contributed by atoms with Gasteiger partial charge in [0.1, 0.15) is 0 Å². The highest BCUT2D eigenvalue weighted by atomic mass is 16.3. The van der Waals surface area contributed by atoms with E-state index in [9.17, 15) is 0 Å². The molecule has 4 nitrogen and oxygen atoms in total. The summed E-state index contributed by atoms with van der Waals surface area (Å²) in [5, 5.41) is 25.9. The Morgan fingerprint density at radius 2 is 1.91 bits per heavy atom. The second-order valence-electron chi connectivity index (χ2n) is 2.65. The molecule has 0 saturated heterocycles. The van der Waals surface area contributed by atoms with Gasteiger partial charge in [-0.2, -0.15) is 0 Å². The van der Waals surface area contributed by atoms with Gasteiger partial charge in [0.2, 0.25) is 0 Å². The van der Waals surface area contributed by atoms with E-state index < -0.39 is 6.10 Å². The van der Waals surface area contributed by atoms with Crippen LogP contribution in [0.5, 0.6) is 0 Å². The van der Waals surface area contributed by atoms with Crippen LogP contribution in [0.25, 0.3) is 0 Å². The first-order chi connectivity index (χ1) is 5.20. The lowest BCUT2D eigenvalue weighted by Gasteiger charge is -2.16. The van der Waals surface area contributed by atoms with Crippen molar-refractivity contribution in [3.05, 3.63) is 0 Å². The van der Waals surface area contributed by atoms with E-state index in [-0.39, 0.29) is 13.2 Å². The quantitative estimate of drug-likeness (QED) is 0.453. The molecule has 0 heterocycles. The molecule has 0 spiro atoms. The third-order valence-electron chi connectivity index (χ3n) is 1.54. The van der Waals surface area contributed by atoms with E-state index in [2.05, 4.69) is 0 Å². The molecule has 0 rings (SSSR count). The minimum absolute atomic E-state index is 0.131. The molecule has 0 radical (unpaired) electrons. The maximum absolute atomic E-state index is 8.94. The van der Waals surface area contributed by atoms with E-state index in [0.29, 0.717) is 19.5 Å². The van der Waals surface area contributed by atoms with E-state index in [1.165, 1.54) is 0 Å². The Morgan fingerprint density at radius 1 is 1.27 bits per heavy atom. The van der Waals surface area contributed by atoms with Gasteiger partial charge < -0.3 is 20.2 Å². The van der Waals surface area contributed by atoms with Gasteiger partial charge in [-0.15, -0.1) is 0 Å². The fourth-order valence-corrected chi connectivity index (χ4v) is 0.743. The summed E-state index contributed by atoms with van der Waals surface area (Å²) in [6, 6.07) is 0. The second-order valence-corrected chi connectivity index (χ2v) is 2.65. The minimum atomic E-state index is -0.629. The third-order valence-corrected chi connectivity index (χ3v) is 1.54. The van der Waals surface area contributed by atoms with Crippen molar-refractivity contribution in [2.75, 3.05) is 33.4 Å². The van der Waals surface area contributed by atoms with E-state index in [1.54, 1.807) is 0 Å². The van der Waals surface area contributed by atoms with Gasteiger partial charge in [0, 0.05) is 13.1 Å². The van der Waals surface area contributed by atoms with Crippen LogP contribution in [0.2, 0.25) is 0 Å². The highest BCUT2D eigenvalue weighted by Crippen LogP contribution is 1.92. The van der Waals surface area contributed by atoms with Crippen molar-refractivity contribution in [2.24, 2.45) is 0 Å². The zero-order valence-corrected chi connectivity index (χ0v) is 6.90.